The molecule has 17 heavy (non-hydrogen) atoms. The molecule has 1 aromatic rings. The van der Waals surface area contributed by atoms with E-state index in [1.165, 1.54) is 6.07 Å². The molecular weight excluding hydrogens is 216 g/mol. The number of aromatic amines is 1. The van der Waals surface area contributed by atoms with E-state index < -0.39 is 0 Å². The average molecular weight is 234 g/mol. The fourth-order valence-corrected chi connectivity index (χ4v) is 2.57. The molecule has 1 amide bonds. The van der Waals surface area contributed by atoms with Crippen molar-refractivity contribution in [3.63, 3.8) is 0 Å². The first kappa shape index (κ1) is 11.9. The topological polar surface area (TPSA) is 53.2 Å². The maximum atomic E-state index is 12.2. The van der Waals surface area contributed by atoms with Gasteiger partial charge in [0.05, 0.1) is 0 Å². The Balaban J connectivity index is 2.17. The molecule has 4 heteroatoms. The van der Waals surface area contributed by atoms with Crippen LogP contribution in [-0.4, -0.2) is 28.9 Å². The van der Waals surface area contributed by atoms with Crippen molar-refractivity contribution in [2.45, 2.75) is 20.3 Å². The van der Waals surface area contributed by atoms with Crippen molar-refractivity contribution in [3.8, 4) is 0 Å². The Bertz CT molecular complexity index is 456. The van der Waals surface area contributed by atoms with Crippen LogP contribution in [0.1, 0.15) is 30.8 Å². The van der Waals surface area contributed by atoms with Crippen molar-refractivity contribution in [2.24, 2.45) is 11.8 Å². The first-order valence-corrected chi connectivity index (χ1v) is 6.05. The highest BCUT2D eigenvalue weighted by molar-refractivity contribution is 5.92. The third-order valence-corrected chi connectivity index (χ3v) is 3.15. The van der Waals surface area contributed by atoms with E-state index in [4.69, 9.17) is 0 Å². The van der Waals surface area contributed by atoms with Gasteiger partial charge < -0.3 is 9.88 Å². The highest BCUT2D eigenvalue weighted by atomic mass is 16.2. The smallest absolute Gasteiger partial charge is 0.270 e. The van der Waals surface area contributed by atoms with Gasteiger partial charge in [-0.3, -0.25) is 9.59 Å². The van der Waals surface area contributed by atoms with Gasteiger partial charge in [-0.05, 0) is 24.3 Å². The second-order valence-electron chi connectivity index (χ2n) is 5.08. The molecule has 2 unspecified atom stereocenters. The van der Waals surface area contributed by atoms with E-state index in [2.05, 4.69) is 18.8 Å². The van der Waals surface area contributed by atoms with Crippen LogP contribution in [0.3, 0.4) is 0 Å². The van der Waals surface area contributed by atoms with Gasteiger partial charge in [-0.25, -0.2) is 0 Å². The van der Waals surface area contributed by atoms with Crippen LogP contribution in [0, 0.1) is 11.8 Å². The summed E-state index contributed by atoms with van der Waals surface area (Å²) in [6.45, 7) is 5.87. The minimum atomic E-state index is -0.228. The molecule has 92 valence electrons. The lowest BCUT2D eigenvalue weighted by molar-refractivity contribution is 0.0617. The Morgan fingerprint density at radius 3 is 2.53 bits per heavy atom. The molecule has 2 heterocycles. The van der Waals surface area contributed by atoms with Gasteiger partial charge in [0, 0.05) is 19.2 Å². The fraction of sp³-hybridized carbons (Fsp3) is 0.538. The van der Waals surface area contributed by atoms with Crippen LogP contribution in [0.25, 0.3) is 0 Å². The Hall–Kier alpha value is -1.58. The highest BCUT2D eigenvalue weighted by Gasteiger charge is 2.26. The Kier molecular flexibility index (Phi) is 3.31. The molecule has 0 aliphatic carbocycles. The van der Waals surface area contributed by atoms with Crippen molar-refractivity contribution in [2.75, 3.05) is 13.1 Å². The fourth-order valence-electron chi connectivity index (χ4n) is 2.57. The molecule has 0 radical (unpaired) electrons. The van der Waals surface area contributed by atoms with E-state index in [0.29, 0.717) is 17.5 Å². The van der Waals surface area contributed by atoms with Gasteiger partial charge in [-0.15, -0.1) is 0 Å². The van der Waals surface area contributed by atoms with Crippen LogP contribution in [0.2, 0.25) is 0 Å². The first-order valence-electron chi connectivity index (χ1n) is 6.05. The molecule has 1 saturated heterocycles. The summed E-state index contributed by atoms with van der Waals surface area (Å²) in [6.07, 6.45) is 1.16. The Morgan fingerprint density at radius 1 is 1.29 bits per heavy atom. The summed E-state index contributed by atoms with van der Waals surface area (Å²) in [5.41, 5.74) is 0.160. The normalized spacial score (nSPS) is 24.7. The van der Waals surface area contributed by atoms with E-state index in [1.54, 1.807) is 12.1 Å². The summed E-state index contributed by atoms with van der Waals surface area (Å²) in [4.78, 5) is 27.8. The molecule has 4 nitrogen and oxygen atoms in total. The number of pyridine rings is 1. The molecule has 1 fully saturated rings. The number of aromatic nitrogens is 1. The van der Waals surface area contributed by atoms with Gasteiger partial charge in [0.2, 0.25) is 5.56 Å². The molecule has 1 aliphatic heterocycles. The Morgan fingerprint density at radius 2 is 1.94 bits per heavy atom. The standard InChI is InChI=1S/C13H18N2O2/c1-9-6-10(2)8-15(7-9)13(17)11-4-3-5-12(16)14-11/h3-5,9-10H,6-8H2,1-2H3,(H,14,16). The van der Waals surface area contributed by atoms with Crippen molar-refractivity contribution >= 4 is 5.91 Å². The van der Waals surface area contributed by atoms with Crippen molar-refractivity contribution in [1.82, 2.24) is 9.88 Å². The minimum absolute atomic E-state index is 0.0684. The van der Waals surface area contributed by atoms with E-state index in [-0.39, 0.29) is 11.5 Å². The van der Waals surface area contributed by atoms with Gasteiger partial charge in [-0.1, -0.05) is 19.9 Å². The SMILES string of the molecule is CC1CC(C)CN(C(=O)c2cccc(=O)[nH]2)C1. The van der Waals surface area contributed by atoms with E-state index >= 15 is 0 Å². The van der Waals surface area contributed by atoms with E-state index in [1.807, 2.05) is 4.90 Å². The number of nitrogens with zero attached hydrogens (tertiary/aromatic N) is 1. The molecule has 2 rings (SSSR count). The van der Waals surface area contributed by atoms with Gasteiger partial charge in [0.25, 0.3) is 5.91 Å². The van der Waals surface area contributed by atoms with E-state index in [0.717, 1.165) is 19.5 Å². The number of nitrogens with one attached hydrogen (secondary N) is 1. The van der Waals surface area contributed by atoms with Crippen LogP contribution >= 0.6 is 0 Å². The van der Waals surface area contributed by atoms with Gasteiger partial charge in [0.15, 0.2) is 0 Å². The number of hydrogen-bond acceptors (Lipinski definition) is 2. The monoisotopic (exact) mass is 234 g/mol. The number of hydrogen-bond donors (Lipinski definition) is 1. The third-order valence-electron chi connectivity index (χ3n) is 3.15. The van der Waals surface area contributed by atoms with Gasteiger partial charge >= 0.3 is 0 Å². The molecule has 0 saturated carbocycles. The molecule has 1 aromatic heterocycles. The number of piperidine rings is 1. The second-order valence-corrected chi connectivity index (χ2v) is 5.08. The lowest BCUT2D eigenvalue weighted by atomic mass is 9.92. The molecule has 2 atom stereocenters. The quantitative estimate of drug-likeness (QED) is 0.800. The summed E-state index contributed by atoms with van der Waals surface area (Å²) in [5, 5.41) is 0. The van der Waals surface area contributed by atoms with Crippen LogP contribution in [0.4, 0.5) is 0 Å². The summed E-state index contributed by atoms with van der Waals surface area (Å²) in [5.74, 6) is 0.984. The largest absolute Gasteiger partial charge is 0.337 e. The van der Waals surface area contributed by atoms with Crippen molar-refractivity contribution < 1.29 is 4.79 Å². The second kappa shape index (κ2) is 4.73. The molecule has 1 aliphatic rings. The maximum Gasteiger partial charge on any atom is 0.270 e. The summed E-state index contributed by atoms with van der Waals surface area (Å²) < 4.78 is 0. The zero-order valence-electron chi connectivity index (χ0n) is 10.3. The average Bonchev–Trinajstić information content (AvgIpc) is 2.26. The molecule has 1 N–H and O–H groups in total. The maximum absolute atomic E-state index is 12.2. The molecule has 0 aromatic carbocycles. The van der Waals surface area contributed by atoms with Gasteiger partial charge in [-0.2, -0.15) is 0 Å². The summed E-state index contributed by atoms with van der Waals surface area (Å²) >= 11 is 0. The zero-order valence-corrected chi connectivity index (χ0v) is 10.3. The zero-order chi connectivity index (χ0) is 12.4. The predicted octanol–water partition coefficient (Wildman–Crippen LogP) is 1.49. The number of carbonyl (C=O) groups is 1. The minimum Gasteiger partial charge on any atom is -0.337 e. The lowest BCUT2D eigenvalue weighted by Crippen LogP contribution is -2.43. The third kappa shape index (κ3) is 2.75. The first-order chi connectivity index (χ1) is 8.06. The number of amides is 1. The summed E-state index contributed by atoms with van der Waals surface area (Å²) in [7, 11) is 0. The highest BCUT2D eigenvalue weighted by Crippen LogP contribution is 2.21. The molecule has 0 spiro atoms. The predicted molar refractivity (Wildman–Crippen MR) is 65.9 cm³/mol. The molecule has 0 bridgehead atoms. The van der Waals surface area contributed by atoms with Crippen LogP contribution in [-0.2, 0) is 0 Å². The van der Waals surface area contributed by atoms with Crippen LogP contribution in [0.15, 0.2) is 23.0 Å². The summed E-state index contributed by atoms with van der Waals surface area (Å²) in [6, 6.07) is 4.69. The number of rotatable bonds is 1. The van der Waals surface area contributed by atoms with Crippen molar-refractivity contribution in [1.29, 1.82) is 0 Å². The van der Waals surface area contributed by atoms with Crippen molar-refractivity contribution in [3.05, 3.63) is 34.2 Å². The van der Waals surface area contributed by atoms with Gasteiger partial charge in [0.1, 0.15) is 5.69 Å². The van der Waals surface area contributed by atoms with Crippen LogP contribution < -0.4 is 5.56 Å². The lowest BCUT2D eigenvalue weighted by Gasteiger charge is -2.34. The van der Waals surface area contributed by atoms with Crippen LogP contribution in [0.5, 0.6) is 0 Å². The number of H-pyrrole nitrogens is 1. The number of likely N-dealkylation sites (tertiary alicyclic amines) is 1. The Labute approximate surface area is 101 Å². The molecular formula is C13H18N2O2. The number of carbonyl (C=O) groups excluding carboxylic acids is 1. The van der Waals surface area contributed by atoms with E-state index in [9.17, 15) is 9.59 Å².